The van der Waals surface area contributed by atoms with E-state index in [9.17, 15) is 19.7 Å². The Labute approximate surface area is 178 Å². The normalized spacial score (nSPS) is 14.8. The van der Waals surface area contributed by atoms with E-state index in [1.807, 2.05) is 0 Å². The molecule has 0 bridgehead atoms. The number of carbonyl (C=O) groups is 2. The molecule has 1 aliphatic rings. The maximum absolute atomic E-state index is 13.3. The van der Waals surface area contributed by atoms with Crippen LogP contribution in [0.1, 0.15) is 12.5 Å². The summed E-state index contributed by atoms with van der Waals surface area (Å²) in [5.74, 6) is -0.529. The Morgan fingerprint density at radius 2 is 1.84 bits per heavy atom. The highest BCUT2D eigenvalue weighted by Gasteiger charge is 2.38. The average molecular weight is 424 g/mol. The number of amides is 1. The summed E-state index contributed by atoms with van der Waals surface area (Å²) >= 11 is 0. The quantitative estimate of drug-likeness (QED) is 0.302. The summed E-state index contributed by atoms with van der Waals surface area (Å²) in [4.78, 5) is 37.9. The molecule has 1 aliphatic heterocycles. The third-order valence-electron chi connectivity index (χ3n) is 4.81. The van der Waals surface area contributed by atoms with Gasteiger partial charge in [0.15, 0.2) is 5.75 Å². The Balaban J connectivity index is 2.15. The van der Waals surface area contributed by atoms with Gasteiger partial charge in [0.05, 0.1) is 43.1 Å². The van der Waals surface area contributed by atoms with Crippen molar-refractivity contribution in [2.24, 2.45) is 0 Å². The van der Waals surface area contributed by atoms with Crippen molar-refractivity contribution in [3.8, 4) is 11.5 Å². The third kappa shape index (κ3) is 3.97. The smallest absolute Gasteiger partial charge is 0.340 e. The van der Waals surface area contributed by atoms with Crippen LogP contribution in [0.3, 0.4) is 0 Å². The molecule has 0 saturated carbocycles. The molecule has 2 aromatic carbocycles. The first kappa shape index (κ1) is 21.6. The summed E-state index contributed by atoms with van der Waals surface area (Å²) in [6, 6.07) is 11.1. The predicted molar refractivity (Wildman–Crippen MR) is 113 cm³/mol. The molecule has 0 radical (unpaired) electrons. The Bertz CT molecular complexity index is 1130. The van der Waals surface area contributed by atoms with Gasteiger partial charge in [-0.15, -0.1) is 0 Å². The fourth-order valence-corrected chi connectivity index (χ4v) is 3.35. The number of benzene rings is 2. The fourth-order valence-electron chi connectivity index (χ4n) is 3.35. The van der Waals surface area contributed by atoms with E-state index >= 15 is 0 Å². The molecule has 0 unspecified atom stereocenters. The van der Waals surface area contributed by atoms with E-state index in [0.717, 1.165) is 0 Å². The zero-order valence-electron chi connectivity index (χ0n) is 17.4. The Morgan fingerprint density at radius 1 is 1.10 bits per heavy atom. The molecule has 0 aromatic heterocycles. The zero-order valence-corrected chi connectivity index (χ0v) is 17.4. The van der Waals surface area contributed by atoms with Crippen LogP contribution in [-0.2, 0) is 14.3 Å². The minimum Gasteiger partial charge on any atom is -0.497 e. The topological polar surface area (TPSA) is 108 Å². The Hall–Kier alpha value is -4.14. The van der Waals surface area contributed by atoms with E-state index in [4.69, 9.17) is 14.2 Å². The first-order valence-corrected chi connectivity index (χ1v) is 9.14. The predicted octanol–water partition coefficient (Wildman–Crippen LogP) is 3.49. The van der Waals surface area contributed by atoms with Crippen LogP contribution in [0.5, 0.6) is 11.5 Å². The van der Waals surface area contributed by atoms with Crippen molar-refractivity contribution in [3.05, 3.63) is 75.0 Å². The zero-order chi connectivity index (χ0) is 22.7. The standard InChI is InChI=1S/C22H20N2O7/c1-13-20(22(26)31-4)17(10-14-8-9-19(30-3)18(11-14)24(27)28)21(25)23(13)15-6-5-7-16(12-15)29-2/h5-12H,1-4H3/b17-10-. The number of nitro groups is 1. The van der Waals surface area contributed by atoms with Crippen LogP contribution in [-0.4, -0.2) is 38.1 Å². The highest BCUT2D eigenvalue weighted by Crippen LogP contribution is 2.37. The molecule has 31 heavy (non-hydrogen) atoms. The van der Waals surface area contributed by atoms with Crippen LogP contribution in [0.4, 0.5) is 11.4 Å². The number of allylic oxidation sites excluding steroid dienone is 1. The van der Waals surface area contributed by atoms with Crippen LogP contribution in [0.15, 0.2) is 59.3 Å². The number of rotatable bonds is 6. The second-order valence-corrected chi connectivity index (χ2v) is 6.54. The van der Waals surface area contributed by atoms with Gasteiger partial charge in [-0.3, -0.25) is 19.8 Å². The molecule has 0 fully saturated rings. The van der Waals surface area contributed by atoms with Gasteiger partial charge in [0.25, 0.3) is 5.91 Å². The van der Waals surface area contributed by atoms with Crippen molar-refractivity contribution in [1.29, 1.82) is 0 Å². The van der Waals surface area contributed by atoms with Crippen LogP contribution < -0.4 is 14.4 Å². The first-order valence-electron chi connectivity index (χ1n) is 9.14. The fraction of sp³-hybridized carbons (Fsp3) is 0.182. The molecular weight excluding hydrogens is 404 g/mol. The van der Waals surface area contributed by atoms with Gasteiger partial charge in [0.1, 0.15) is 5.75 Å². The van der Waals surface area contributed by atoms with Crippen molar-refractivity contribution in [3.63, 3.8) is 0 Å². The number of carbonyl (C=O) groups excluding carboxylic acids is 2. The molecule has 1 amide bonds. The van der Waals surface area contributed by atoms with E-state index in [2.05, 4.69) is 0 Å². The van der Waals surface area contributed by atoms with E-state index in [1.165, 1.54) is 44.4 Å². The highest BCUT2D eigenvalue weighted by molar-refractivity contribution is 6.23. The Kier molecular flexibility index (Phi) is 6.05. The molecule has 3 rings (SSSR count). The largest absolute Gasteiger partial charge is 0.497 e. The second-order valence-electron chi connectivity index (χ2n) is 6.54. The monoisotopic (exact) mass is 424 g/mol. The van der Waals surface area contributed by atoms with Crippen LogP contribution >= 0.6 is 0 Å². The lowest BCUT2D eigenvalue weighted by molar-refractivity contribution is -0.385. The van der Waals surface area contributed by atoms with Gasteiger partial charge in [-0.05, 0) is 36.8 Å². The summed E-state index contributed by atoms with van der Waals surface area (Å²) in [7, 11) is 4.06. The van der Waals surface area contributed by atoms with Gasteiger partial charge >= 0.3 is 11.7 Å². The summed E-state index contributed by atoms with van der Waals surface area (Å²) in [5.41, 5.74) is 1.12. The minimum absolute atomic E-state index is 0.0617. The lowest BCUT2D eigenvalue weighted by Gasteiger charge is -2.18. The number of anilines is 1. The minimum atomic E-state index is -0.689. The van der Waals surface area contributed by atoms with E-state index in [0.29, 0.717) is 22.7 Å². The number of hydrogen-bond donors (Lipinski definition) is 0. The lowest BCUT2D eigenvalue weighted by atomic mass is 10.0. The van der Waals surface area contributed by atoms with Gasteiger partial charge < -0.3 is 14.2 Å². The SMILES string of the molecule is COC(=O)C1=C(C)N(c2cccc(OC)c2)C(=O)/C1=C\c1ccc(OC)c([N+](=O)[O-])c1. The molecule has 0 saturated heterocycles. The molecule has 2 aromatic rings. The molecule has 0 aliphatic carbocycles. The third-order valence-corrected chi connectivity index (χ3v) is 4.81. The maximum Gasteiger partial charge on any atom is 0.340 e. The van der Waals surface area contributed by atoms with Gasteiger partial charge in [0, 0.05) is 17.8 Å². The first-order chi connectivity index (χ1) is 14.8. The molecule has 0 spiro atoms. The number of nitrogens with zero attached hydrogens (tertiary/aromatic N) is 2. The molecule has 160 valence electrons. The average Bonchev–Trinajstić information content (AvgIpc) is 3.02. The highest BCUT2D eigenvalue weighted by atomic mass is 16.6. The summed E-state index contributed by atoms with van der Waals surface area (Å²) in [6.45, 7) is 1.63. The summed E-state index contributed by atoms with van der Waals surface area (Å²) in [5, 5.41) is 11.3. The Morgan fingerprint density at radius 3 is 2.45 bits per heavy atom. The van der Waals surface area contributed by atoms with Crippen molar-refractivity contribution in [1.82, 2.24) is 0 Å². The van der Waals surface area contributed by atoms with Crippen LogP contribution in [0, 0.1) is 10.1 Å². The molecule has 0 atom stereocenters. The maximum atomic E-state index is 13.3. The molecular formula is C22H20N2O7. The number of methoxy groups -OCH3 is 3. The van der Waals surface area contributed by atoms with Crippen LogP contribution in [0.2, 0.25) is 0 Å². The van der Waals surface area contributed by atoms with Gasteiger partial charge in [-0.2, -0.15) is 0 Å². The molecule has 9 heteroatoms. The van der Waals surface area contributed by atoms with Crippen molar-refractivity contribution >= 4 is 29.3 Å². The number of nitro benzene ring substituents is 1. The molecule has 1 heterocycles. The summed E-state index contributed by atoms with van der Waals surface area (Å²) in [6.07, 6.45) is 1.42. The van der Waals surface area contributed by atoms with E-state index in [-0.39, 0.29) is 22.6 Å². The number of hydrogen-bond acceptors (Lipinski definition) is 7. The molecule has 0 N–H and O–H groups in total. The lowest BCUT2D eigenvalue weighted by Crippen LogP contribution is -2.24. The van der Waals surface area contributed by atoms with Gasteiger partial charge in [-0.1, -0.05) is 12.1 Å². The summed E-state index contributed by atoms with van der Waals surface area (Å²) < 4.78 is 15.1. The number of esters is 1. The van der Waals surface area contributed by atoms with E-state index < -0.39 is 16.8 Å². The second kappa shape index (κ2) is 8.70. The van der Waals surface area contributed by atoms with Crippen molar-refractivity contribution < 1.29 is 28.7 Å². The van der Waals surface area contributed by atoms with Crippen molar-refractivity contribution in [2.75, 3.05) is 26.2 Å². The van der Waals surface area contributed by atoms with Gasteiger partial charge in [-0.25, -0.2) is 4.79 Å². The molecule has 9 nitrogen and oxygen atoms in total. The van der Waals surface area contributed by atoms with Crippen LogP contribution in [0.25, 0.3) is 6.08 Å². The number of ether oxygens (including phenoxy) is 3. The van der Waals surface area contributed by atoms with Crippen molar-refractivity contribution in [2.45, 2.75) is 6.92 Å². The van der Waals surface area contributed by atoms with Gasteiger partial charge in [0.2, 0.25) is 0 Å². The van der Waals surface area contributed by atoms with E-state index in [1.54, 1.807) is 37.3 Å².